The molecule has 0 aromatic heterocycles. The molecule has 0 fully saturated rings. The molecule has 0 bridgehead atoms. The zero-order valence-corrected chi connectivity index (χ0v) is 20.7. The lowest BCUT2D eigenvalue weighted by atomic mass is 9.84. The largest absolute Gasteiger partial charge is 0.495 e. The van der Waals surface area contributed by atoms with Gasteiger partial charge in [0.25, 0.3) is 15.9 Å². The number of hydrogen-bond acceptors (Lipinski definition) is 7. The van der Waals surface area contributed by atoms with Gasteiger partial charge < -0.3 is 15.2 Å². The van der Waals surface area contributed by atoms with Gasteiger partial charge in [0.05, 0.1) is 19.9 Å². The molecule has 0 saturated carbocycles. The van der Waals surface area contributed by atoms with Gasteiger partial charge in [0.2, 0.25) is 0 Å². The lowest BCUT2D eigenvalue weighted by Gasteiger charge is -2.30. The van der Waals surface area contributed by atoms with E-state index in [0.717, 1.165) is 7.11 Å². The van der Waals surface area contributed by atoms with E-state index in [0.29, 0.717) is 4.31 Å². The maximum Gasteiger partial charge on any atom is 0.408 e. The van der Waals surface area contributed by atoms with Gasteiger partial charge in [0.15, 0.2) is 5.54 Å². The van der Waals surface area contributed by atoms with Crippen LogP contribution in [-0.4, -0.2) is 34.6 Å². The smallest absolute Gasteiger partial charge is 0.408 e. The Balaban J connectivity index is 2.06. The van der Waals surface area contributed by atoms with Gasteiger partial charge in [0, 0.05) is 32.9 Å². The van der Waals surface area contributed by atoms with E-state index in [9.17, 15) is 18.0 Å². The lowest BCUT2D eigenvalue weighted by molar-refractivity contribution is -0.121. The third-order valence-electron chi connectivity index (χ3n) is 5.55. The minimum Gasteiger partial charge on any atom is -0.495 e. The summed E-state index contributed by atoms with van der Waals surface area (Å²) in [4.78, 5) is 26.4. The van der Waals surface area contributed by atoms with E-state index >= 15 is 0 Å². The number of hydrogen-bond donors (Lipinski definition) is 2. The summed E-state index contributed by atoms with van der Waals surface area (Å²) in [5.41, 5.74) is 4.16. The number of rotatable bonds is 5. The number of sulfonamides is 1. The van der Waals surface area contributed by atoms with Crippen LogP contribution in [0.4, 0.5) is 16.2 Å². The Morgan fingerprint density at radius 1 is 1.03 bits per heavy atom. The van der Waals surface area contributed by atoms with E-state index in [4.69, 9.17) is 38.4 Å². The first-order valence-corrected chi connectivity index (χ1v) is 12.2. The molecule has 35 heavy (non-hydrogen) atoms. The van der Waals surface area contributed by atoms with Crippen LogP contribution >= 0.6 is 23.2 Å². The van der Waals surface area contributed by atoms with E-state index in [1.807, 2.05) is 0 Å². The zero-order valence-electron chi connectivity index (χ0n) is 18.4. The number of anilines is 2. The third-order valence-corrected chi connectivity index (χ3v) is 7.85. The number of carbonyl (C=O) groups is 2. The van der Waals surface area contributed by atoms with Crippen LogP contribution in [0.15, 0.2) is 65.6 Å². The molecule has 1 aliphatic heterocycles. The van der Waals surface area contributed by atoms with Gasteiger partial charge in [-0.25, -0.2) is 13.2 Å². The van der Waals surface area contributed by atoms with Crippen molar-refractivity contribution in [2.45, 2.75) is 10.4 Å². The van der Waals surface area contributed by atoms with Crippen LogP contribution < -0.4 is 20.1 Å². The van der Waals surface area contributed by atoms with Crippen LogP contribution in [-0.2, 0) is 25.1 Å². The quantitative estimate of drug-likeness (QED) is 0.473. The first kappa shape index (κ1) is 24.6. The van der Waals surface area contributed by atoms with Crippen molar-refractivity contribution in [2.24, 2.45) is 0 Å². The van der Waals surface area contributed by atoms with Gasteiger partial charge in [-0.2, -0.15) is 4.31 Å². The maximum absolute atomic E-state index is 14.2. The van der Waals surface area contributed by atoms with Crippen molar-refractivity contribution >= 4 is 56.6 Å². The fourth-order valence-electron chi connectivity index (χ4n) is 4.01. The van der Waals surface area contributed by atoms with Gasteiger partial charge in [-0.05, 0) is 36.4 Å². The minimum atomic E-state index is -4.58. The molecule has 3 N–H and O–H groups in total. The van der Waals surface area contributed by atoms with Crippen molar-refractivity contribution in [1.29, 1.82) is 0 Å². The van der Waals surface area contributed by atoms with E-state index in [-0.39, 0.29) is 43.2 Å². The fraction of sp³-hybridized carbons (Fsp3) is 0.130. The molecule has 1 aliphatic rings. The van der Waals surface area contributed by atoms with Crippen LogP contribution in [0.5, 0.6) is 5.75 Å². The predicted octanol–water partition coefficient (Wildman–Crippen LogP) is 3.92. The Morgan fingerprint density at radius 3 is 2.40 bits per heavy atom. The van der Waals surface area contributed by atoms with Crippen LogP contribution in [0.3, 0.4) is 0 Å². The van der Waals surface area contributed by atoms with E-state index in [2.05, 4.69) is 5.32 Å². The Bertz CT molecular complexity index is 1460. The topological polar surface area (TPSA) is 128 Å². The number of fused-ring (bicyclic) bond motifs is 1. The number of nitrogens with zero attached hydrogens (tertiary/aromatic N) is 1. The highest BCUT2D eigenvalue weighted by Gasteiger charge is 2.58. The second kappa shape index (κ2) is 8.95. The monoisotopic (exact) mass is 535 g/mol. The van der Waals surface area contributed by atoms with Crippen LogP contribution in [0.25, 0.3) is 0 Å². The number of ether oxygens (including phenoxy) is 2. The first-order valence-electron chi connectivity index (χ1n) is 10.0. The summed E-state index contributed by atoms with van der Waals surface area (Å²) in [5, 5.41) is 2.81. The normalized spacial score (nSPS) is 17.1. The Kier molecular flexibility index (Phi) is 6.31. The standard InChI is InChI=1S/C23H19Cl2N3O6S/c1-33-19-12-14(26)8-10-20(19)35(31,32)28-18-9-7-13(24)11-16(18)23(21(28)29,27-22(30)34-2)15-5-3-4-6-17(15)25/h3-12H,26H2,1-2H3,(H,27,30). The predicted molar refractivity (Wildman–Crippen MR) is 131 cm³/mol. The van der Waals surface area contributed by atoms with Crippen molar-refractivity contribution in [3.8, 4) is 5.75 Å². The van der Waals surface area contributed by atoms with E-state index in [1.165, 1.54) is 55.6 Å². The second-order valence-corrected chi connectivity index (χ2v) is 10.1. The molecule has 1 unspecified atom stereocenters. The Hall–Kier alpha value is -3.47. The molecule has 0 saturated heterocycles. The highest BCUT2D eigenvalue weighted by molar-refractivity contribution is 7.93. The van der Waals surface area contributed by atoms with Gasteiger partial charge in [-0.3, -0.25) is 10.1 Å². The maximum atomic E-state index is 14.2. The van der Waals surface area contributed by atoms with Crippen LogP contribution in [0.1, 0.15) is 11.1 Å². The SMILES string of the molecule is COC(=O)NC1(c2ccccc2Cl)C(=O)N(S(=O)(=O)c2ccc(N)cc2OC)c2ccc(Cl)cc21. The molecular formula is C23H19Cl2N3O6S. The summed E-state index contributed by atoms with van der Waals surface area (Å²) >= 11 is 12.7. The highest BCUT2D eigenvalue weighted by Crippen LogP contribution is 2.49. The fourth-order valence-corrected chi connectivity index (χ4v) is 6.07. The molecule has 0 radical (unpaired) electrons. The van der Waals surface area contributed by atoms with Gasteiger partial charge in [0.1, 0.15) is 10.6 Å². The zero-order chi connectivity index (χ0) is 25.5. The van der Waals surface area contributed by atoms with Gasteiger partial charge >= 0.3 is 6.09 Å². The number of methoxy groups -OCH3 is 2. The number of carbonyl (C=O) groups excluding carboxylic acids is 2. The molecule has 2 amide bonds. The van der Waals surface area contributed by atoms with Gasteiger partial charge in [-0.1, -0.05) is 41.4 Å². The molecular weight excluding hydrogens is 517 g/mol. The number of alkyl carbamates (subject to hydrolysis) is 1. The molecule has 0 aliphatic carbocycles. The lowest BCUT2D eigenvalue weighted by Crippen LogP contribution is -2.54. The average Bonchev–Trinajstić information content (AvgIpc) is 3.07. The number of amides is 2. The summed E-state index contributed by atoms with van der Waals surface area (Å²) in [6, 6.07) is 14.3. The van der Waals surface area contributed by atoms with Crippen LogP contribution in [0, 0.1) is 0 Å². The average molecular weight is 536 g/mol. The number of nitrogen functional groups attached to an aromatic ring is 1. The van der Waals surface area contributed by atoms with Crippen molar-refractivity contribution in [2.75, 3.05) is 24.3 Å². The highest BCUT2D eigenvalue weighted by atomic mass is 35.5. The number of halogens is 2. The van der Waals surface area contributed by atoms with Crippen molar-refractivity contribution < 1.29 is 27.5 Å². The summed E-state index contributed by atoms with van der Waals surface area (Å²) in [6.07, 6.45) is -0.992. The van der Waals surface area contributed by atoms with Crippen molar-refractivity contribution in [1.82, 2.24) is 5.32 Å². The summed E-state index contributed by atoms with van der Waals surface area (Å²) in [5.74, 6) is -1.09. The van der Waals surface area contributed by atoms with E-state index < -0.39 is 27.6 Å². The molecule has 9 nitrogen and oxygen atoms in total. The Morgan fingerprint density at radius 2 is 1.74 bits per heavy atom. The van der Waals surface area contributed by atoms with E-state index in [1.54, 1.807) is 12.1 Å². The molecule has 4 rings (SSSR count). The minimum absolute atomic E-state index is 0.0328. The number of nitrogens with two attached hydrogens (primary N) is 1. The number of nitrogens with one attached hydrogen (secondary N) is 1. The second-order valence-electron chi connectivity index (χ2n) is 7.49. The summed E-state index contributed by atoms with van der Waals surface area (Å²) in [7, 11) is -2.19. The Labute approximate surface area is 211 Å². The molecule has 1 atom stereocenters. The molecule has 182 valence electrons. The number of benzene rings is 3. The molecule has 3 aromatic rings. The summed E-state index contributed by atoms with van der Waals surface area (Å²) < 4.78 is 38.4. The van der Waals surface area contributed by atoms with Crippen molar-refractivity contribution in [3.63, 3.8) is 0 Å². The molecule has 1 heterocycles. The molecule has 12 heteroatoms. The third kappa shape index (κ3) is 3.83. The molecule has 0 spiro atoms. The van der Waals surface area contributed by atoms with Crippen LogP contribution in [0.2, 0.25) is 10.0 Å². The van der Waals surface area contributed by atoms with Gasteiger partial charge in [-0.15, -0.1) is 0 Å². The first-order chi connectivity index (χ1) is 16.6. The van der Waals surface area contributed by atoms with Crippen molar-refractivity contribution in [3.05, 3.63) is 81.8 Å². The molecule has 3 aromatic carbocycles. The summed E-state index contributed by atoms with van der Waals surface area (Å²) in [6.45, 7) is 0.